The fourth-order valence-electron chi connectivity index (χ4n) is 4.43. The molecule has 3 aromatic rings. The average Bonchev–Trinajstić information content (AvgIpc) is 2.79. The molecule has 9 heteroatoms. The van der Waals surface area contributed by atoms with E-state index in [-0.39, 0.29) is 12.1 Å². The van der Waals surface area contributed by atoms with Crippen LogP contribution in [0.3, 0.4) is 0 Å². The highest BCUT2D eigenvalue weighted by Gasteiger charge is 2.21. The molecular formula is C24H29F3N6. The van der Waals surface area contributed by atoms with Crippen molar-refractivity contribution < 1.29 is 13.2 Å². The lowest BCUT2D eigenvalue weighted by Crippen LogP contribution is -2.37. The second kappa shape index (κ2) is 9.91. The molecule has 1 aliphatic heterocycles. The number of aryl methyl sites for hydroxylation is 1. The van der Waals surface area contributed by atoms with E-state index < -0.39 is 17.8 Å². The zero-order valence-corrected chi connectivity index (χ0v) is 19.2. The first-order valence-electron chi connectivity index (χ1n) is 11.2. The van der Waals surface area contributed by atoms with Gasteiger partial charge in [0.05, 0.1) is 28.7 Å². The van der Waals surface area contributed by atoms with Gasteiger partial charge in [-0.15, -0.1) is 5.10 Å². The zero-order chi connectivity index (χ0) is 23.5. The number of nitrogens with one attached hydrogen (secondary N) is 1. The number of piperidine rings is 1. The van der Waals surface area contributed by atoms with Crippen LogP contribution in [0.4, 0.5) is 24.7 Å². The Morgan fingerprint density at radius 3 is 2.64 bits per heavy atom. The summed E-state index contributed by atoms with van der Waals surface area (Å²) in [7, 11) is 4.21. The van der Waals surface area contributed by atoms with E-state index >= 15 is 0 Å². The Labute approximate surface area is 191 Å². The predicted molar refractivity (Wildman–Crippen MR) is 124 cm³/mol. The van der Waals surface area contributed by atoms with Gasteiger partial charge in [0.25, 0.3) is 6.43 Å². The van der Waals surface area contributed by atoms with Crippen LogP contribution in [0.2, 0.25) is 0 Å². The molecule has 1 N–H and O–H groups in total. The number of hydrogen-bond donors (Lipinski definition) is 1. The third-order valence-corrected chi connectivity index (χ3v) is 6.16. The quantitative estimate of drug-likeness (QED) is 0.549. The Hall–Kier alpha value is -2.94. The first kappa shape index (κ1) is 23.2. The van der Waals surface area contributed by atoms with Crippen LogP contribution in [-0.2, 0) is 6.54 Å². The molecule has 0 aliphatic carbocycles. The lowest BCUT2D eigenvalue weighted by molar-refractivity contribution is 0.146. The van der Waals surface area contributed by atoms with Crippen LogP contribution in [0, 0.1) is 18.7 Å². The van der Waals surface area contributed by atoms with Crippen LogP contribution in [0.25, 0.3) is 10.9 Å². The molecule has 6 nitrogen and oxygen atoms in total. The van der Waals surface area contributed by atoms with Crippen molar-refractivity contribution in [2.45, 2.75) is 32.7 Å². The number of pyridine rings is 1. The Kier molecular flexibility index (Phi) is 6.97. The van der Waals surface area contributed by atoms with E-state index in [9.17, 15) is 13.2 Å². The van der Waals surface area contributed by atoms with Gasteiger partial charge in [0.15, 0.2) is 5.82 Å². The minimum atomic E-state index is -2.86. The lowest BCUT2D eigenvalue weighted by Gasteiger charge is -2.34. The van der Waals surface area contributed by atoms with Crippen molar-refractivity contribution in [2.75, 3.05) is 43.9 Å². The molecule has 1 saturated heterocycles. The Balaban J connectivity index is 1.56. The molecule has 1 fully saturated rings. The molecule has 2 aromatic heterocycles. The first-order chi connectivity index (χ1) is 15.8. The third-order valence-electron chi connectivity index (χ3n) is 6.16. The highest BCUT2D eigenvalue weighted by atomic mass is 19.3. The van der Waals surface area contributed by atoms with Gasteiger partial charge in [-0.25, -0.2) is 13.2 Å². The van der Waals surface area contributed by atoms with Crippen LogP contribution in [0.5, 0.6) is 0 Å². The summed E-state index contributed by atoms with van der Waals surface area (Å²) >= 11 is 0. The van der Waals surface area contributed by atoms with E-state index in [0.717, 1.165) is 49.6 Å². The smallest absolute Gasteiger partial charge is 0.266 e. The van der Waals surface area contributed by atoms with Gasteiger partial charge in [0.2, 0.25) is 0 Å². The summed E-state index contributed by atoms with van der Waals surface area (Å²) in [4.78, 5) is 9.18. The maximum Gasteiger partial charge on any atom is 0.266 e. The molecule has 0 saturated carbocycles. The summed E-state index contributed by atoms with van der Waals surface area (Å²) in [6.07, 6.45) is 1.24. The van der Waals surface area contributed by atoms with Crippen molar-refractivity contribution in [3.8, 4) is 0 Å². The molecule has 176 valence electrons. The number of halogens is 3. The molecule has 0 bridgehead atoms. The van der Waals surface area contributed by atoms with Gasteiger partial charge in [-0.2, -0.15) is 5.10 Å². The second-order valence-corrected chi connectivity index (χ2v) is 8.89. The molecule has 0 atom stereocenters. The minimum Gasteiger partial charge on any atom is -0.370 e. The standard InChI is InChI=1S/C24H29F3N6/c1-15-22-20(11-18(13-28-22)33-9-7-16(8-10-33)14-32(2)3)24(31-30-15)29-12-17-5-4-6-19(21(17)25)23(26)27/h4-6,11,13,16,23H,7-10,12,14H2,1-3H3,(H,29,31). The number of nitrogens with zero attached hydrogens (tertiary/aromatic N) is 5. The van der Waals surface area contributed by atoms with Gasteiger partial charge in [0, 0.05) is 37.1 Å². The molecule has 0 unspecified atom stereocenters. The van der Waals surface area contributed by atoms with E-state index in [4.69, 9.17) is 0 Å². The monoisotopic (exact) mass is 458 g/mol. The summed E-state index contributed by atoms with van der Waals surface area (Å²) in [5.74, 6) is 0.243. The van der Waals surface area contributed by atoms with E-state index in [0.29, 0.717) is 22.9 Å². The number of rotatable bonds is 7. The summed E-state index contributed by atoms with van der Waals surface area (Å²) < 4.78 is 40.5. The number of benzene rings is 1. The highest BCUT2D eigenvalue weighted by Crippen LogP contribution is 2.30. The molecular weight excluding hydrogens is 429 g/mol. The summed E-state index contributed by atoms with van der Waals surface area (Å²) in [5, 5.41) is 12.3. The maximum atomic E-state index is 14.4. The van der Waals surface area contributed by atoms with Crippen LogP contribution in [-0.4, -0.2) is 53.8 Å². The third kappa shape index (κ3) is 5.19. The fraction of sp³-hybridized carbons (Fsp3) is 0.458. The van der Waals surface area contributed by atoms with Crippen LogP contribution in [0.1, 0.15) is 36.1 Å². The number of hydrogen-bond acceptors (Lipinski definition) is 6. The fourth-order valence-corrected chi connectivity index (χ4v) is 4.43. The SMILES string of the molecule is Cc1nnc(NCc2cccc(C(F)F)c2F)c2cc(N3CCC(CN(C)C)CC3)cnc12. The topological polar surface area (TPSA) is 57.2 Å². The zero-order valence-electron chi connectivity index (χ0n) is 19.2. The molecule has 0 radical (unpaired) electrons. The molecule has 33 heavy (non-hydrogen) atoms. The number of anilines is 2. The summed E-state index contributed by atoms with van der Waals surface area (Å²) in [5.41, 5.74) is 1.96. The molecule has 1 aliphatic rings. The normalized spacial score (nSPS) is 15.1. The minimum absolute atomic E-state index is 0.0133. The average molecular weight is 459 g/mol. The van der Waals surface area contributed by atoms with Crippen molar-refractivity contribution >= 4 is 22.4 Å². The highest BCUT2D eigenvalue weighted by molar-refractivity contribution is 5.92. The van der Waals surface area contributed by atoms with E-state index in [1.807, 2.05) is 19.2 Å². The van der Waals surface area contributed by atoms with Crippen molar-refractivity contribution in [2.24, 2.45) is 5.92 Å². The van der Waals surface area contributed by atoms with Crippen molar-refractivity contribution in [1.29, 1.82) is 0 Å². The Morgan fingerprint density at radius 2 is 1.94 bits per heavy atom. The van der Waals surface area contributed by atoms with Gasteiger partial charge < -0.3 is 15.1 Å². The van der Waals surface area contributed by atoms with Gasteiger partial charge in [-0.3, -0.25) is 4.98 Å². The van der Waals surface area contributed by atoms with Gasteiger partial charge in [-0.05, 0) is 45.8 Å². The number of fused-ring (bicyclic) bond motifs is 1. The largest absolute Gasteiger partial charge is 0.370 e. The number of alkyl halides is 2. The van der Waals surface area contributed by atoms with E-state index in [1.165, 1.54) is 12.1 Å². The maximum absolute atomic E-state index is 14.4. The van der Waals surface area contributed by atoms with Crippen LogP contribution < -0.4 is 10.2 Å². The Morgan fingerprint density at radius 1 is 1.18 bits per heavy atom. The van der Waals surface area contributed by atoms with Crippen molar-refractivity contribution in [3.63, 3.8) is 0 Å². The van der Waals surface area contributed by atoms with Crippen LogP contribution >= 0.6 is 0 Å². The number of aromatic nitrogens is 3. The van der Waals surface area contributed by atoms with E-state index in [2.05, 4.69) is 44.4 Å². The van der Waals surface area contributed by atoms with E-state index in [1.54, 1.807) is 0 Å². The first-order valence-corrected chi connectivity index (χ1v) is 11.2. The molecule has 0 spiro atoms. The Bertz CT molecular complexity index is 1110. The van der Waals surface area contributed by atoms with Gasteiger partial charge >= 0.3 is 0 Å². The van der Waals surface area contributed by atoms with Crippen molar-refractivity contribution in [1.82, 2.24) is 20.1 Å². The molecule has 1 aromatic carbocycles. The molecule has 0 amide bonds. The summed E-state index contributed by atoms with van der Waals surface area (Å²) in [6, 6.07) is 6.05. The predicted octanol–water partition coefficient (Wildman–Crippen LogP) is 4.80. The van der Waals surface area contributed by atoms with Crippen molar-refractivity contribution in [3.05, 3.63) is 53.1 Å². The van der Waals surface area contributed by atoms with Gasteiger partial charge in [0.1, 0.15) is 5.82 Å². The van der Waals surface area contributed by atoms with Crippen LogP contribution in [0.15, 0.2) is 30.5 Å². The lowest BCUT2D eigenvalue weighted by atomic mass is 9.96. The van der Waals surface area contributed by atoms with Gasteiger partial charge in [-0.1, -0.05) is 18.2 Å². The summed E-state index contributed by atoms with van der Waals surface area (Å²) in [6.45, 7) is 4.86. The molecule has 3 heterocycles. The molecule has 4 rings (SSSR count). The second-order valence-electron chi connectivity index (χ2n) is 8.89.